The molecule has 0 aliphatic heterocycles. The Bertz CT molecular complexity index is 1040. The van der Waals surface area contributed by atoms with Crippen LogP contribution in [0.4, 0.5) is 0 Å². The average Bonchev–Trinajstić information content (AvgIpc) is 3.12. The minimum absolute atomic E-state index is 0.0131. The van der Waals surface area contributed by atoms with Gasteiger partial charge in [0.25, 0.3) is 0 Å². The van der Waals surface area contributed by atoms with Crippen LogP contribution in [0.3, 0.4) is 0 Å². The lowest BCUT2D eigenvalue weighted by Crippen LogP contribution is -2.40. The first-order valence-electron chi connectivity index (χ1n) is 22.1. The van der Waals surface area contributed by atoms with Crippen molar-refractivity contribution >= 4 is 11.9 Å². The van der Waals surface area contributed by atoms with Crippen LogP contribution in [-0.4, -0.2) is 24.6 Å². The molecular weight excluding hydrogens is 617 g/mol. The topological polar surface area (TPSA) is 52.6 Å². The summed E-state index contributed by atoms with van der Waals surface area (Å²) in [6.07, 6.45) is 25.2. The molecule has 0 N–H and O–H groups in total. The van der Waals surface area contributed by atoms with Crippen molar-refractivity contribution in [1.82, 2.24) is 0 Å². The summed E-state index contributed by atoms with van der Waals surface area (Å²) in [5.74, 6) is 6.29. The van der Waals surface area contributed by atoms with Gasteiger partial charge in [-0.05, 0) is 180 Å². The average molecular weight is 697 g/mol. The first-order valence-corrected chi connectivity index (χ1v) is 22.1. The molecule has 50 heavy (non-hydrogen) atoms. The van der Waals surface area contributed by atoms with E-state index in [-0.39, 0.29) is 42.4 Å². The Morgan fingerprint density at radius 1 is 0.520 bits per heavy atom. The zero-order valence-corrected chi connectivity index (χ0v) is 34.1. The normalized spacial score (nSPS) is 34.4. The molecule has 0 saturated heterocycles. The first kappa shape index (κ1) is 40.1. The molecule has 0 amide bonds. The van der Waals surface area contributed by atoms with Gasteiger partial charge in [0.2, 0.25) is 0 Å². The van der Waals surface area contributed by atoms with Crippen LogP contribution in [0.1, 0.15) is 190 Å². The van der Waals surface area contributed by atoms with E-state index in [1.54, 1.807) is 0 Å². The van der Waals surface area contributed by atoms with Crippen molar-refractivity contribution in [2.24, 2.45) is 75.9 Å². The number of hydrogen-bond acceptors (Lipinski definition) is 4. The van der Waals surface area contributed by atoms with Crippen LogP contribution in [0.2, 0.25) is 0 Å². The van der Waals surface area contributed by atoms with Crippen molar-refractivity contribution in [3.05, 3.63) is 0 Å². The molecule has 1 atom stereocenters. The lowest BCUT2D eigenvalue weighted by Gasteiger charge is -2.47. The minimum atomic E-state index is -0.305. The van der Waals surface area contributed by atoms with Crippen LogP contribution in [0.15, 0.2) is 0 Å². The Labute approximate surface area is 309 Å². The van der Waals surface area contributed by atoms with Crippen molar-refractivity contribution in [2.75, 3.05) is 6.61 Å². The molecular formula is C46H80O4. The smallest absolute Gasteiger partial charge is 0.312 e. The predicted molar refractivity (Wildman–Crippen MR) is 206 cm³/mol. The van der Waals surface area contributed by atoms with Gasteiger partial charge in [0.05, 0.1) is 11.8 Å². The van der Waals surface area contributed by atoms with Crippen molar-refractivity contribution in [3.8, 4) is 0 Å². The van der Waals surface area contributed by atoms with Crippen molar-refractivity contribution < 1.29 is 19.1 Å². The summed E-state index contributed by atoms with van der Waals surface area (Å²) < 4.78 is 12.4. The van der Waals surface area contributed by atoms with Gasteiger partial charge in [0, 0.05) is 0 Å². The number of esters is 2. The van der Waals surface area contributed by atoms with Crippen LogP contribution >= 0.6 is 0 Å². The Morgan fingerprint density at radius 2 is 0.920 bits per heavy atom. The maximum atomic E-state index is 13.9. The Hall–Kier alpha value is -1.06. The number of ether oxygens (including phenoxy) is 2. The highest BCUT2D eigenvalue weighted by Crippen LogP contribution is 2.52. The number of carbonyl (C=O) groups is 2. The second-order valence-corrected chi connectivity index (χ2v) is 20.4. The van der Waals surface area contributed by atoms with Crippen LogP contribution < -0.4 is 0 Å². The second kappa shape index (κ2) is 17.8. The van der Waals surface area contributed by atoms with E-state index in [9.17, 15) is 9.59 Å². The summed E-state index contributed by atoms with van der Waals surface area (Å²) >= 11 is 0. The summed E-state index contributed by atoms with van der Waals surface area (Å²) in [4.78, 5) is 27.4. The van der Waals surface area contributed by atoms with Crippen LogP contribution in [0.25, 0.3) is 0 Å². The Morgan fingerprint density at radius 3 is 1.34 bits per heavy atom. The van der Waals surface area contributed by atoms with Gasteiger partial charge in [0.1, 0.15) is 12.7 Å². The van der Waals surface area contributed by atoms with E-state index < -0.39 is 0 Å². The zero-order chi connectivity index (χ0) is 36.1. The highest BCUT2D eigenvalue weighted by atomic mass is 16.6. The summed E-state index contributed by atoms with van der Waals surface area (Å²) in [6.45, 7) is 19.9. The first-order chi connectivity index (χ1) is 23.8. The van der Waals surface area contributed by atoms with Crippen LogP contribution in [-0.2, 0) is 19.1 Å². The summed E-state index contributed by atoms with van der Waals surface area (Å²) in [7, 11) is 0. The van der Waals surface area contributed by atoms with E-state index in [1.165, 1.54) is 70.6 Å². The summed E-state index contributed by atoms with van der Waals surface area (Å²) in [5, 5.41) is 0. The van der Waals surface area contributed by atoms with Gasteiger partial charge >= 0.3 is 11.9 Å². The third-order valence-electron chi connectivity index (χ3n) is 16.6. The SMILES string of the molecule is CC(C)C1CCC(C(C)(C)C2CCC(OC(=O)C(COC(=O)C3CCC(C(C)(C)C4CCC(C(C)C)CC4)CC3)C3CCCCC3)CC2)CC1. The molecule has 5 saturated carbocycles. The van der Waals surface area contributed by atoms with Crippen molar-refractivity contribution in [1.29, 1.82) is 0 Å². The van der Waals surface area contributed by atoms with E-state index in [0.29, 0.717) is 22.7 Å². The third-order valence-corrected chi connectivity index (χ3v) is 16.6. The van der Waals surface area contributed by atoms with Crippen molar-refractivity contribution in [2.45, 2.75) is 196 Å². The molecule has 1 unspecified atom stereocenters. The fraction of sp³-hybridized carbons (Fsp3) is 0.957. The van der Waals surface area contributed by atoms with Gasteiger partial charge in [-0.1, -0.05) is 74.7 Å². The van der Waals surface area contributed by atoms with E-state index in [2.05, 4.69) is 55.4 Å². The molecule has 5 rings (SSSR count). The number of rotatable bonds is 12. The fourth-order valence-electron chi connectivity index (χ4n) is 12.2. The molecule has 288 valence electrons. The molecule has 5 aliphatic rings. The summed E-state index contributed by atoms with van der Waals surface area (Å²) in [5.41, 5.74) is 0.701. The predicted octanol–water partition coefficient (Wildman–Crippen LogP) is 12.6. The molecule has 5 fully saturated rings. The molecule has 0 aromatic heterocycles. The highest BCUT2D eigenvalue weighted by molar-refractivity contribution is 5.75. The molecule has 0 aromatic rings. The van der Waals surface area contributed by atoms with Gasteiger partial charge in [0.15, 0.2) is 0 Å². The molecule has 0 heterocycles. The van der Waals surface area contributed by atoms with Gasteiger partial charge in [-0.3, -0.25) is 9.59 Å². The minimum Gasteiger partial charge on any atom is -0.465 e. The lowest BCUT2D eigenvalue weighted by molar-refractivity contribution is -0.166. The maximum Gasteiger partial charge on any atom is 0.312 e. The Kier molecular flexibility index (Phi) is 14.3. The van der Waals surface area contributed by atoms with Gasteiger partial charge < -0.3 is 9.47 Å². The van der Waals surface area contributed by atoms with E-state index in [4.69, 9.17) is 9.47 Å². The maximum absolute atomic E-state index is 13.9. The molecule has 4 heteroatoms. The summed E-state index contributed by atoms with van der Waals surface area (Å²) in [6, 6.07) is 0. The molecule has 0 radical (unpaired) electrons. The molecule has 0 aromatic carbocycles. The second-order valence-electron chi connectivity index (χ2n) is 20.4. The van der Waals surface area contributed by atoms with E-state index in [0.717, 1.165) is 99.7 Å². The van der Waals surface area contributed by atoms with Crippen LogP contribution in [0, 0.1) is 75.9 Å². The number of carbonyl (C=O) groups excluding carboxylic acids is 2. The highest BCUT2D eigenvalue weighted by Gasteiger charge is 2.44. The number of hydrogen-bond donors (Lipinski definition) is 0. The van der Waals surface area contributed by atoms with E-state index in [1.807, 2.05) is 0 Å². The van der Waals surface area contributed by atoms with Crippen molar-refractivity contribution in [3.63, 3.8) is 0 Å². The van der Waals surface area contributed by atoms with E-state index >= 15 is 0 Å². The lowest BCUT2D eigenvalue weighted by atomic mass is 9.58. The molecule has 0 bridgehead atoms. The standard InChI is InChI=1S/C46H80O4/c1-31(2)33-14-20-37(21-15-33)45(5,6)39-24-18-36(19-25-39)43(47)49-30-42(35-12-10-9-11-13-35)44(48)50-41-28-26-40(27-29-41)46(7,8)38-22-16-34(17-23-38)32(3)4/h31-42H,9-30H2,1-8H3. The zero-order valence-electron chi connectivity index (χ0n) is 34.1. The third kappa shape index (κ3) is 9.92. The Balaban J connectivity index is 1.08. The molecule has 5 aliphatic carbocycles. The fourth-order valence-corrected chi connectivity index (χ4v) is 12.2. The van der Waals surface area contributed by atoms with Gasteiger partial charge in [-0.25, -0.2) is 0 Å². The largest absolute Gasteiger partial charge is 0.465 e. The van der Waals surface area contributed by atoms with Gasteiger partial charge in [-0.2, -0.15) is 0 Å². The quantitative estimate of drug-likeness (QED) is 0.191. The molecule has 0 spiro atoms. The van der Waals surface area contributed by atoms with Crippen LogP contribution in [0.5, 0.6) is 0 Å². The van der Waals surface area contributed by atoms with Gasteiger partial charge in [-0.15, -0.1) is 0 Å². The monoisotopic (exact) mass is 697 g/mol. The molecule has 4 nitrogen and oxygen atoms in total.